The highest BCUT2D eigenvalue weighted by atomic mass is 32.1. The summed E-state index contributed by atoms with van der Waals surface area (Å²) in [5.74, 6) is -0.213. The van der Waals surface area contributed by atoms with Gasteiger partial charge in [-0.25, -0.2) is 4.98 Å². The lowest BCUT2D eigenvalue weighted by atomic mass is 10.1. The van der Waals surface area contributed by atoms with Gasteiger partial charge in [-0.05, 0) is 29.1 Å². The van der Waals surface area contributed by atoms with Crippen LogP contribution in [0.1, 0.15) is 22.3 Å². The molecular weight excluding hydrogens is 364 g/mol. The minimum Gasteiger partial charge on any atom is -0.355 e. The summed E-state index contributed by atoms with van der Waals surface area (Å²) >= 11 is 1.42. The van der Waals surface area contributed by atoms with Crippen LogP contribution >= 0.6 is 11.3 Å². The maximum Gasteiger partial charge on any atom is 0.262 e. The lowest BCUT2D eigenvalue weighted by molar-refractivity contribution is -0.130. The maximum atomic E-state index is 12.4. The number of thiophene rings is 1. The van der Waals surface area contributed by atoms with Crippen LogP contribution in [0.4, 0.5) is 0 Å². The Labute approximate surface area is 160 Å². The maximum absolute atomic E-state index is 12.4. The summed E-state index contributed by atoms with van der Waals surface area (Å²) in [5, 5.41) is 4.98. The van der Waals surface area contributed by atoms with Gasteiger partial charge in [-0.15, -0.1) is 11.3 Å². The van der Waals surface area contributed by atoms with E-state index >= 15 is 0 Å². The van der Waals surface area contributed by atoms with Crippen LogP contribution in [0.25, 0.3) is 10.2 Å². The lowest BCUT2D eigenvalue weighted by Crippen LogP contribution is -2.29. The number of nitrogens with one attached hydrogen (secondary N) is 1. The number of carbonyl (C=O) groups is 2. The second-order valence-electron chi connectivity index (χ2n) is 6.16. The summed E-state index contributed by atoms with van der Waals surface area (Å²) in [6.07, 6.45) is 1.70. The molecule has 2 amide bonds. The molecule has 0 saturated heterocycles. The van der Waals surface area contributed by atoms with E-state index in [1.807, 2.05) is 17.5 Å². The fourth-order valence-electron chi connectivity index (χ4n) is 2.73. The Morgan fingerprint density at radius 3 is 2.67 bits per heavy atom. The first-order chi connectivity index (χ1) is 13.0. The molecule has 2 aromatic heterocycles. The first kappa shape index (κ1) is 18.8. The number of amides is 2. The van der Waals surface area contributed by atoms with E-state index < -0.39 is 0 Å². The molecule has 0 aliphatic heterocycles. The van der Waals surface area contributed by atoms with Gasteiger partial charge in [-0.1, -0.05) is 12.1 Å². The van der Waals surface area contributed by atoms with Gasteiger partial charge in [-0.3, -0.25) is 19.0 Å². The van der Waals surface area contributed by atoms with Crippen LogP contribution in [0.15, 0.2) is 46.8 Å². The monoisotopic (exact) mass is 384 g/mol. The smallest absolute Gasteiger partial charge is 0.262 e. The lowest BCUT2D eigenvalue weighted by Gasteiger charge is -2.18. The van der Waals surface area contributed by atoms with Gasteiger partial charge in [0.1, 0.15) is 4.83 Å². The molecule has 8 heteroatoms. The van der Waals surface area contributed by atoms with E-state index in [4.69, 9.17) is 0 Å². The minimum absolute atomic E-state index is 0.0670. The van der Waals surface area contributed by atoms with E-state index in [9.17, 15) is 14.4 Å². The van der Waals surface area contributed by atoms with Crippen molar-refractivity contribution in [2.75, 3.05) is 14.1 Å². The number of aromatic nitrogens is 2. The predicted molar refractivity (Wildman–Crippen MR) is 105 cm³/mol. The molecule has 0 aliphatic rings. The zero-order chi connectivity index (χ0) is 19.4. The van der Waals surface area contributed by atoms with Crippen molar-refractivity contribution < 1.29 is 9.59 Å². The van der Waals surface area contributed by atoms with Crippen LogP contribution in [-0.2, 0) is 17.9 Å². The fraction of sp³-hybridized carbons (Fsp3) is 0.263. The number of carbonyl (C=O) groups excluding carboxylic acids is 2. The van der Waals surface area contributed by atoms with E-state index in [1.165, 1.54) is 22.2 Å². The third-order valence-electron chi connectivity index (χ3n) is 4.31. The molecule has 0 fully saturated rings. The van der Waals surface area contributed by atoms with Gasteiger partial charge in [0.25, 0.3) is 11.5 Å². The number of nitrogens with zero attached hydrogens (tertiary/aromatic N) is 3. The summed E-state index contributed by atoms with van der Waals surface area (Å²) < 4.78 is 1.47. The van der Waals surface area contributed by atoms with E-state index in [1.54, 1.807) is 37.2 Å². The molecule has 2 heterocycles. The van der Waals surface area contributed by atoms with Crippen molar-refractivity contribution in [1.82, 2.24) is 19.8 Å². The minimum atomic E-state index is -0.146. The Hall–Kier alpha value is -3.00. The van der Waals surface area contributed by atoms with E-state index in [0.29, 0.717) is 22.3 Å². The van der Waals surface area contributed by atoms with Crippen molar-refractivity contribution in [3.63, 3.8) is 0 Å². The highest BCUT2D eigenvalue weighted by molar-refractivity contribution is 7.16. The molecule has 27 heavy (non-hydrogen) atoms. The first-order valence-electron chi connectivity index (χ1n) is 8.47. The van der Waals surface area contributed by atoms with Gasteiger partial charge < -0.3 is 10.2 Å². The molecule has 0 spiro atoms. The summed E-state index contributed by atoms with van der Waals surface area (Å²) in [6, 6.07) is 8.87. The van der Waals surface area contributed by atoms with Crippen LogP contribution in [0, 0.1) is 0 Å². The number of hydrogen-bond donors (Lipinski definition) is 1. The van der Waals surface area contributed by atoms with Crippen LogP contribution in [-0.4, -0.2) is 40.4 Å². The number of fused-ring (bicyclic) bond motifs is 1. The molecule has 0 aliphatic carbocycles. The van der Waals surface area contributed by atoms with Crippen molar-refractivity contribution in [2.45, 2.75) is 19.5 Å². The molecule has 0 bridgehead atoms. The number of aryl methyl sites for hydroxylation is 1. The third-order valence-corrected chi connectivity index (χ3v) is 5.13. The summed E-state index contributed by atoms with van der Waals surface area (Å²) in [7, 11) is 3.30. The van der Waals surface area contributed by atoms with Gasteiger partial charge in [-0.2, -0.15) is 0 Å². The Morgan fingerprint density at radius 1 is 1.22 bits per heavy atom. The van der Waals surface area contributed by atoms with E-state index in [0.717, 1.165) is 5.56 Å². The quantitative estimate of drug-likeness (QED) is 0.703. The highest BCUT2D eigenvalue weighted by Crippen LogP contribution is 2.13. The SMILES string of the molecule is CNC(=O)c1ccc(CN(C)C(=O)CCn2cnc3sccc3c2=O)cc1. The van der Waals surface area contributed by atoms with E-state index in [2.05, 4.69) is 10.3 Å². The summed E-state index contributed by atoms with van der Waals surface area (Å²) in [4.78, 5) is 42.9. The fourth-order valence-corrected chi connectivity index (χ4v) is 3.45. The van der Waals surface area contributed by atoms with Gasteiger partial charge in [0.15, 0.2) is 0 Å². The Bertz CT molecular complexity index is 1020. The topological polar surface area (TPSA) is 84.3 Å². The highest BCUT2D eigenvalue weighted by Gasteiger charge is 2.12. The average Bonchev–Trinajstić information content (AvgIpc) is 3.17. The molecule has 0 atom stereocenters. The van der Waals surface area contributed by atoms with Gasteiger partial charge >= 0.3 is 0 Å². The van der Waals surface area contributed by atoms with Crippen molar-refractivity contribution in [1.29, 1.82) is 0 Å². The first-order valence-corrected chi connectivity index (χ1v) is 9.35. The molecule has 1 N–H and O–H groups in total. The number of benzene rings is 1. The zero-order valence-corrected chi connectivity index (χ0v) is 16.0. The Balaban J connectivity index is 1.59. The average molecular weight is 384 g/mol. The molecule has 3 rings (SSSR count). The summed E-state index contributed by atoms with van der Waals surface area (Å²) in [6.45, 7) is 0.722. The molecule has 0 radical (unpaired) electrons. The van der Waals surface area contributed by atoms with Gasteiger partial charge in [0.2, 0.25) is 5.91 Å². The van der Waals surface area contributed by atoms with Crippen LogP contribution in [0.3, 0.4) is 0 Å². The zero-order valence-electron chi connectivity index (χ0n) is 15.1. The molecular formula is C19H20N4O3S. The predicted octanol–water partition coefficient (Wildman–Crippen LogP) is 1.87. The molecule has 140 valence electrons. The standard InChI is InChI=1S/C19H20N4O3S/c1-20-17(25)14-5-3-13(4-6-14)11-22(2)16(24)7-9-23-12-21-18-15(19(23)26)8-10-27-18/h3-6,8,10,12H,7,9,11H2,1-2H3,(H,20,25). The molecule has 7 nitrogen and oxygen atoms in total. The van der Waals surface area contributed by atoms with Gasteiger partial charge in [0.05, 0.1) is 11.7 Å². The summed E-state index contributed by atoms with van der Waals surface area (Å²) in [5.41, 5.74) is 1.38. The largest absolute Gasteiger partial charge is 0.355 e. The second-order valence-corrected chi connectivity index (χ2v) is 7.05. The number of rotatable bonds is 6. The van der Waals surface area contributed by atoms with Crippen molar-refractivity contribution in [3.8, 4) is 0 Å². The second kappa shape index (κ2) is 8.13. The van der Waals surface area contributed by atoms with Gasteiger partial charge in [0, 0.05) is 39.2 Å². The molecule has 1 aromatic carbocycles. The third kappa shape index (κ3) is 4.22. The Kier molecular flexibility index (Phi) is 5.66. The normalized spacial score (nSPS) is 10.7. The Morgan fingerprint density at radius 2 is 1.96 bits per heavy atom. The van der Waals surface area contributed by atoms with Crippen molar-refractivity contribution >= 4 is 33.4 Å². The van der Waals surface area contributed by atoms with Crippen molar-refractivity contribution in [3.05, 3.63) is 63.5 Å². The molecule has 0 unspecified atom stereocenters. The van der Waals surface area contributed by atoms with Crippen molar-refractivity contribution in [2.24, 2.45) is 0 Å². The number of hydrogen-bond acceptors (Lipinski definition) is 5. The molecule has 0 saturated carbocycles. The molecule has 3 aromatic rings. The van der Waals surface area contributed by atoms with Crippen LogP contribution < -0.4 is 10.9 Å². The van der Waals surface area contributed by atoms with E-state index in [-0.39, 0.29) is 30.3 Å². The van der Waals surface area contributed by atoms with Crippen LogP contribution in [0.2, 0.25) is 0 Å². The van der Waals surface area contributed by atoms with Crippen LogP contribution in [0.5, 0.6) is 0 Å².